The fourth-order valence-corrected chi connectivity index (χ4v) is 2.29. The van der Waals surface area contributed by atoms with Crippen LogP contribution in [-0.4, -0.2) is 0 Å². The molecule has 0 nitrogen and oxygen atoms in total. The maximum atomic E-state index is 2.36. The fourth-order valence-electron chi connectivity index (χ4n) is 2.29. The van der Waals surface area contributed by atoms with Crippen LogP contribution in [0.5, 0.6) is 0 Å². The van der Waals surface area contributed by atoms with Crippen molar-refractivity contribution in [2.75, 3.05) is 0 Å². The third kappa shape index (κ3) is 2.62. The quantitative estimate of drug-likeness (QED) is 0.669. The average Bonchev–Trinajstić information content (AvgIpc) is 2.15. The molecule has 0 spiro atoms. The van der Waals surface area contributed by atoms with Crippen LogP contribution in [0.25, 0.3) is 0 Å². The Morgan fingerprint density at radius 3 is 2.00 bits per heavy atom. The smallest absolute Gasteiger partial charge is 0.0129 e. The lowest BCUT2D eigenvalue weighted by Gasteiger charge is -2.25. The van der Waals surface area contributed by atoms with Crippen molar-refractivity contribution in [3.63, 3.8) is 0 Å². The molecule has 1 rings (SSSR count). The molecule has 0 saturated carbocycles. The highest BCUT2D eigenvalue weighted by atomic mass is 14.2. The van der Waals surface area contributed by atoms with E-state index >= 15 is 0 Å². The largest absolute Gasteiger partial charge is 0.0613 e. The van der Waals surface area contributed by atoms with Crippen LogP contribution in [0.3, 0.4) is 0 Å². The zero-order valence-corrected chi connectivity index (χ0v) is 11.1. The summed E-state index contributed by atoms with van der Waals surface area (Å²) < 4.78 is 0. The van der Waals surface area contributed by atoms with Crippen molar-refractivity contribution in [1.29, 1.82) is 0 Å². The normalized spacial score (nSPS) is 11.9. The van der Waals surface area contributed by atoms with E-state index in [1.165, 1.54) is 16.7 Å². The van der Waals surface area contributed by atoms with Crippen LogP contribution in [0.15, 0.2) is 12.1 Å². The lowest BCUT2D eigenvalue weighted by Crippen LogP contribution is -2.16. The molecule has 0 saturated heterocycles. The van der Waals surface area contributed by atoms with Crippen LogP contribution >= 0.6 is 0 Å². The van der Waals surface area contributed by atoms with Crippen molar-refractivity contribution >= 4 is 0 Å². The second kappa shape index (κ2) is 4.38. The number of rotatable bonds is 2. The third-order valence-corrected chi connectivity index (χ3v) is 3.03. The molecular weight excluding hydrogens is 180 g/mol. The Bertz CT molecular complexity index is 340. The van der Waals surface area contributed by atoms with E-state index in [1.54, 1.807) is 5.56 Å². The molecule has 15 heavy (non-hydrogen) atoms. The molecule has 1 aromatic carbocycles. The van der Waals surface area contributed by atoms with Gasteiger partial charge < -0.3 is 0 Å². The SMILES string of the molecule is CCc1cc(C)cc(C(C)(C)C)c1CC. The highest BCUT2D eigenvalue weighted by Gasteiger charge is 2.19. The number of hydrogen-bond donors (Lipinski definition) is 0. The molecule has 0 bridgehead atoms. The molecule has 0 aromatic heterocycles. The lowest BCUT2D eigenvalue weighted by atomic mass is 9.80. The molecule has 0 amide bonds. The molecule has 0 N–H and O–H groups in total. The monoisotopic (exact) mass is 204 g/mol. The lowest BCUT2D eigenvalue weighted by molar-refractivity contribution is 0.581. The highest BCUT2D eigenvalue weighted by Crippen LogP contribution is 2.30. The summed E-state index contributed by atoms with van der Waals surface area (Å²) in [5.41, 5.74) is 6.29. The summed E-state index contributed by atoms with van der Waals surface area (Å²) in [5.74, 6) is 0. The van der Waals surface area contributed by atoms with E-state index in [-0.39, 0.29) is 5.41 Å². The van der Waals surface area contributed by atoms with E-state index in [0.717, 1.165) is 12.8 Å². The average molecular weight is 204 g/mol. The second-order valence-corrected chi connectivity index (χ2v) is 5.41. The molecule has 0 aliphatic carbocycles. The van der Waals surface area contributed by atoms with Gasteiger partial charge in [0.15, 0.2) is 0 Å². The summed E-state index contributed by atoms with van der Waals surface area (Å²) in [4.78, 5) is 0. The van der Waals surface area contributed by atoms with Gasteiger partial charge in [0, 0.05) is 0 Å². The van der Waals surface area contributed by atoms with Crippen LogP contribution in [0.4, 0.5) is 0 Å². The predicted octanol–water partition coefficient (Wildman–Crippen LogP) is 4.42. The van der Waals surface area contributed by atoms with Crippen LogP contribution in [0.1, 0.15) is 56.9 Å². The van der Waals surface area contributed by atoms with Crippen molar-refractivity contribution < 1.29 is 0 Å². The van der Waals surface area contributed by atoms with Crippen LogP contribution in [0.2, 0.25) is 0 Å². The van der Waals surface area contributed by atoms with Crippen LogP contribution in [0, 0.1) is 6.92 Å². The van der Waals surface area contributed by atoms with E-state index in [2.05, 4.69) is 53.7 Å². The van der Waals surface area contributed by atoms with Gasteiger partial charge in [0.25, 0.3) is 0 Å². The molecule has 0 fully saturated rings. The summed E-state index contributed by atoms with van der Waals surface area (Å²) in [7, 11) is 0. The minimum absolute atomic E-state index is 0.265. The Morgan fingerprint density at radius 2 is 1.60 bits per heavy atom. The number of aryl methyl sites for hydroxylation is 2. The Labute approximate surface area is 94.7 Å². The molecule has 0 unspecified atom stereocenters. The Balaban J connectivity index is 3.42. The first kappa shape index (κ1) is 12.3. The fraction of sp³-hybridized carbons (Fsp3) is 0.600. The molecular formula is C15H24. The maximum absolute atomic E-state index is 2.36. The first-order chi connectivity index (χ1) is 6.90. The topological polar surface area (TPSA) is 0 Å². The summed E-state index contributed by atoms with van der Waals surface area (Å²) in [6.07, 6.45) is 2.30. The van der Waals surface area contributed by atoms with Gasteiger partial charge in [-0.25, -0.2) is 0 Å². The van der Waals surface area contributed by atoms with E-state index in [0.29, 0.717) is 0 Å². The van der Waals surface area contributed by atoms with Crippen molar-refractivity contribution in [3.8, 4) is 0 Å². The molecule has 0 atom stereocenters. The Hall–Kier alpha value is -0.780. The van der Waals surface area contributed by atoms with Gasteiger partial charge in [0.05, 0.1) is 0 Å². The third-order valence-electron chi connectivity index (χ3n) is 3.03. The van der Waals surface area contributed by atoms with Crippen molar-refractivity contribution in [3.05, 3.63) is 34.4 Å². The van der Waals surface area contributed by atoms with Crippen LogP contribution < -0.4 is 0 Å². The molecule has 0 heterocycles. The van der Waals surface area contributed by atoms with Gasteiger partial charge in [-0.15, -0.1) is 0 Å². The first-order valence-electron chi connectivity index (χ1n) is 6.03. The molecule has 0 aliphatic rings. The minimum Gasteiger partial charge on any atom is -0.0613 e. The first-order valence-corrected chi connectivity index (χ1v) is 6.03. The number of benzene rings is 1. The van der Waals surface area contributed by atoms with Gasteiger partial charge >= 0.3 is 0 Å². The predicted molar refractivity (Wildman–Crippen MR) is 68.6 cm³/mol. The molecule has 0 heteroatoms. The van der Waals surface area contributed by atoms with E-state index in [4.69, 9.17) is 0 Å². The highest BCUT2D eigenvalue weighted by molar-refractivity contribution is 5.42. The molecule has 1 aromatic rings. The van der Waals surface area contributed by atoms with Gasteiger partial charge in [0.2, 0.25) is 0 Å². The van der Waals surface area contributed by atoms with E-state index < -0.39 is 0 Å². The Morgan fingerprint density at radius 1 is 1.00 bits per heavy atom. The zero-order chi connectivity index (χ0) is 11.6. The maximum Gasteiger partial charge on any atom is -0.0129 e. The summed E-state index contributed by atoms with van der Waals surface area (Å²) in [6.45, 7) is 13.6. The summed E-state index contributed by atoms with van der Waals surface area (Å²) in [5, 5.41) is 0. The van der Waals surface area contributed by atoms with Gasteiger partial charge in [-0.3, -0.25) is 0 Å². The molecule has 0 aliphatic heterocycles. The summed E-state index contributed by atoms with van der Waals surface area (Å²) >= 11 is 0. The van der Waals surface area contributed by atoms with Gasteiger partial charge in [-0.2, -0.15) is 0 Å². The Kier molecular flexibility index (Phi) is 3.59. The zero-order valence-electron chi connectivity index (χ0n) is 11.1. The van der Waals surface area contributed by atoms with E-state index in [9.17, 15) is 0 Å². The van der Waals surface area contributed by atoms with Crippen molar-refractivity contribution in [1.82, 2.24) is 0 Å². The van der Waals surface area contributed by atoms with Crippen molar-refractivity contribution in [2.45, 2.75) is 59.8 Å². The standard InChI is InChI=1S/C15H24/c1-7-12-9-11(3)10-14(13(12)8-2)15(4,5)6/h9-10H,7-8H2,1-6H3. The molecule has 0 radical (unpaired) electrons. The van der Waals surface area contributed by atoms with E-state index in [1.807, 2.05) is 0 Å². The summed E-state index contributed by atoms with van der Waals surface area (Å²) in [6, 6.07) is 4.70. The van der Waals surface area contributed by atoms with Crippen LogP contribution in [-0.2, 0) is 18.3 Å². The van der Waals surface area contributed by atoms with Gasteiger partial charge in [0.1, 0.15) is 0 Å². The van der Waals surface area contributed by atoms with Crippen molar-refractivity contribution in [2.24, 2.45) is 0 Å². The molecule has 84 valence electrons. The van der Waals surface area contributed by atoms with Gasteiger partial charge in [-0.05, 0) is 41.9 Å². The minimum atomic E-state index is 0.265. The second-order valence-electron chi connectivity index (χ2n) is 5.41. The number of hydrogen-bond acceptors (Lipinski definition) is 0. The van der Waals surface area contributed by atoms with Gasteiger partial charge in [-0.1, -0.05) is 52.3 Å².